The monoisotopic (exact) mass is 263 g/mol. The quantitative estimate of drug-likeness (QED) is 0.770. The third-order valence-electron chi connectivity index (χ3n) is 5.13. The summed E-state index contributed by atoms with van der Waals surface area (Å²) in [5, 5.41) is 2.95. The molecule has 4 nitrogen and oxygen atoms in total. The number of nitrogens with one attached hydrogen (secondary N) is 1. The van der Waals surface area contributed by atoms with Crippen LogP contribution < -0.4 is 5.32 Å². The Morgan fingerprint density at radius 2 is 2.26 bits per heavy atom. The molecule has 1 aliphatic carbocycles. The number of fused-ring (bicyclic) bond motifs is 1. The summed E-state index contributed by atoms with van der Waals surface area (Å²) in [6, 6.07) is 0.524. The standard InChI is InChI=1S/C15H25N3O/c1-11-4-3-5-12(2)14(11)10-17-6-7-18-13(9-17)8-16-15(18)19/h4,12-14H,3,5-10H2,1-2H3,(H,16,19)/t12-,13+,14-/m0/s1. The Balaban J connectivity index is 1.60. The molecule has 2 aliphatic heterocycles. The van der Waals surface area contributed by atoms with Crippen LogP contribution in [0.15, 0.2) is 11.6 Å². The molecule has 0 aromatic rings. The van der Waals surface area contributed by atoms with Gasteiger partial charge in [0.2, 0.25) is 0 Å². The molecule has 2 heterocycles. The third kappa shape index (κ3) is 2.50. The lowest BCUT2D eigenvalue weighted by Gasteiger charge is -2.40. The fourth-order valence-corrected chi connectivity index (χ4v) is 3.81. The Kier molecular flexibility index (Phi) is 3.52. The summed E-state index contributed by atoms with van der Waals surface area (Å²) >= 11 is 0. The van der Waals surface area contributed by atoms with E-state index >= 15 is 0 Å². The highest BCUT2D eigenvalue weighted by atomic mass is 16.2. The Labute approximate surface area is 115 Å². The Bertz CT molecular complexity index is 393. The van der Waals surface area contributed by atoms with Crippen molar-refractivity contribution in [3.63, 3.8) is 0 Å². The Hall–Kier alpha value is -1.03. The SMILES string of the molecule is CC1=CCC[C@H](C)[C@H]1CN1CCN2C(=O)NC[C@@H]2C1. The minimum Gasteiger partial charge on any atom is -0.336 e. The molecule has 0 spiro atoms. The zero-order valence-electron chi connectivity index (χ0n) is 12.1. The van der Waals surface area contributed by atoms with Gasteiger partial charge in [0.1, 0.15) is 0 Å². The van der Waals surface area contributed by atoms with Gasteiger partial charge in [-0.25, -0.2) is 4.79 Å². The Morgan fingerprint density at radius 1 is 1.42 bits per heavy atom. The first-order chi connectivity index (χ1) is 9.15. The van der Waals surface area contributed by atoms with Crippen LogP contribution in [-0.4, -0.2) is 54.6 Å². The average Bonchev–Trinajstić information content (AvgIpc) is 2.76. The number of rotatable bonds is 2. The largest absolute Gasteiger partial charge is 0.336 e. The summed E-state index contributed by atoms with van der Waals surface area (Å²) in [6.07, 6.45) is 4.99. The van der Waals surface area contributed by atoms with Crippen LogP contribution in [0.3, 0.4) is 0 Å². The van der Waals surface area contributed by atoms with E-state index in [0.29, 0.717) is 12.0 Å². The molecule has 0 bridgehead atoms. The van der Waals surface area contributed by atoms with Gasteiger partial charge in [-0.1, -0.05) is 18.6 Å². The maximum atomic E-state index is 11.6. The Morgan fingerprint density at radius 3 is 3.05 bits per heavy atom. The van der Waals surface area contributed by atoms with Gasteiger partial charge in [0, 0.05) is 32.7 Å². The lowest BCUT2D eigenvalue weighted by Crippen LogP contribution is -2.53. The van der Waals surface area contributed by atoms with Gasteiger partial charge >= 0.3 is 6.03 Å². The zero-order valence-corrected chi connectivity index (χ0v) is 12.1. The average molecular weight is 263 g/mol. The summed E-state index contributed by atoms with van der Waals surface area (Å²) in [4.78, 5) is 16.2. The van der Waals surface area contributed by atoms with E-state index in [1.54, 1.807) is 5.57 Å². The van der Waals surface area contributed by atoms with Crippen molar-refractivity contribution >= 4 is 6.03 Å². The fourth-order valence-electron chi connectivity index (χ4n) is 3.81. The number of urea groups is 1. The van der Waals surface area contributed by atoms with Crippen LogP contribution in [0.4, 0.5) is 4.79 Å². The number of allylic oxidation sites excluding steroid dienone is 1. The summed E-state index contributed by atoms with van der Waals surface area (Å²) in [6.45, 7) is 9.62. The first-order valence-electron chi connectivity index (χ1n) is 7.58. The highest BCUT2D eigenvalue weighted by Crippen LogP contribution is 2.31. The van der Waals surface area contributed by atoms with Crippen molar-refractivity contribution in [3.8, 4) is 0 Å². The van der Waals surface area contributed by atoms with Crippen molar-refractivity contribution in [1.29, 1.82) is 0 Å². The van der Waals surface area contributed by atoms with Crippen LogP contribution in [0.25, 0.3) is 0 Å². The highest BCUT2D eigenvalue weighted by Gasteiger charge is 2.36. The molecule has 2 saturated heterocycles. The van der Waals surface area contributed by atoms with Gasteiger partial charge in [0.15, 0.2) is 0 Å². The first-order valence-corrected chi connectivity index (χ1v) is 7.58. The lowest BCUT2D eigenvalue weighted by atomic mass is 9.79. The molecule has 3 rings (SSSR count). The molecule has 0 aromatic carbocycles. The van der Waals surface area contributed by atoms with Gasteiger partial charge in [-0.2, -0.15) is 0 Å². The summed E-state index contributed by atoms with van der Waals surface area (Å²) in [7, 11) is 0. The molecule has 0 unspecified atom stereocenters. The molecule has 2 amide bonds. The molecule has 0 saturated carbocycles. The maximum absolute atomic E-state index is 11.6. The van der Waals surface area contributed by atoms with E-state index in [2.05, 4.69) is 30.1 Å². The minimum absolute atomic E-state index is 0.131. The number of amides is 2. The van der Waals surface area contributed by atoms with Crippen molar-refractivity contribution in [1.82, 2.24) is 15.1 Å². The molecule has 0 aromatic heterocycles. The van der Waals surface area contributed by atoms with E-state index < -0.39 is 0 Å². The molecule has 2 fully saturated rings. The number of hydrogen-bond donors (Lipinski definition) is 1. The van der Waals surface area contributed by atoms with Crippen molar-refractivity contribution in [2.75, 3.05) is 32.7 Å². The normalized spacial score (nSPS) is 35.9. The molecular formula is C15H25N3O. The second-order valence-electron chi connectivity index (χ2n) is 6.40. The summed E-state index contributed by atoms with van der Waals surface area (Å²) < 4.78 is 0. The first kappa shape index (κ1) is 13.0. The second-order valence-corrected chi connectivity index (χ2v) is 6.40. The molecular weight excluding hydrogens is 238 g/mol. The number of carbonyl (C=O) groups is 1. The molecule has 0 radical (unpaired) electrons. The molecule has 1 N–H and O–H groups in total. The van der Waals surface area contributed by atoms with E-state index in [4.69, 9.17) is 0 Å². The topological polar surface area (TPSA) is 35.6 Å². The number of piperazine rings is 1. The van der Waals surface area contributed by atoms with Gasteiger partial charge in [0.25, 0.3) is 0 Å². The predicted octanol–water partition coefficient (Wildman–Crippen LogP) is 1.69. The van der Waals surface area contributed by atoms with Gasteiger partial charge < -0.3 is 10.2 Å². The van der Waals surface area contributed by atoms with Gasteiger partial charge in [-0.05, 0) is 31.6 Å². The second kappa shape index (κ2) is 5.16. The van der Waals surface area contributed by atoms with Gasteiger partial charge in [-0.15, -0.1) is 0 Å². The fraction of sp³-hybridized carbons (Fsp3) is 0.800. The van der Waals surface area contributed by atoms with E-state index in [-0.39, 0.29) is 6.03 Å². The van der Waals surface area contributed by atoms with Crippen LogP contribution in [-0.2, 0) is 0 Å². The van der Waals surface area contributed by atoms with E-state index in [1.807, 2.05) is 4.90 Å². The molecule has 19 heavy (non-hydrogen) atoms. The molecule has 3 atom stereocenters. The van der Waals surface area contributed by atoms with E-state index in [9.17, 15) is 4.79 Å². The number of hydrogen-bond acceptors (Lipinski definition) is 2. The summed E-state index contributed by atoms with van der Waals surface area (Å²) in [5.74, 6) is 1.51. The van der Waals surface area contributed by atoms with Gasteiger partial charge in [-0.3, -0.25) is 4.90 Å². The van der Waals surface area contributed by atoms with Crippen molar-refractivity contribution in [2.24, 2.45) is 11.8 Å². The minimum atomic E-state index is 0.131. The van der Waals surface area contributed by atoms with Crippen molar-refractivity contribution < 1.29 is 4.79 Å². The van der Waals surface area contributed by atoms with Crippen molar-refractivity contribution in [2.45, 2.75) is 32.7 Å². The number of nitrogens with zero attached hydrogens (tertiary/aromatic N) is 2. The molecule has 106 valence electrons. The lowest BCUT2D eigenvalue weighted by molar-refractivity contribution is 0.103. The zero-order chi connectivity index (χ0) is 13.4. The predicted molar refractivity (Wildman–Crippen MR) is 76.0 cm³/mol. The number of carbonyl (C=O) groups excluding carboxylic acids is 1. The smallest absolute Gasteiger partial charge is 0.317 e. The van der Waals surface area contributed by atoms with Crippen molar-refractivity contribution in [3.05, 3.63) is 11.6 Å². The van der Waals surface area contributed by atoms with E-state index in [0.717, 1.165) is 32.1 Å². The van der Waals surface area contributed by atoms with Crippen LogP contribution in [0.2, 0.25) is 0 Å². The van der Waals surface area contributed by atoms with Crippen LogP contribution in [0, 0.1) is 11.8 Å². The summed E-state index contributed by atoms with van der Waals surface area (Å²) in [5.41, 5.74) is 1.57. The third-order valence-corrected chi connectivity index (χ3v) is 5.13. The van der Waals surface area contributed by atoms with Crippen LogP contribution in [0.1, 0.15) is 26.7 Å². The van der Waals surface area contributed by atoms with E-state index in [1.165, 1.54) is 19.4 Å². The molecule has 3 aliphatic rings. The van der Waals surface area contributed by atoms with Crippen LogP contribution >= 0.6 is 0 Å². The van der Waals surface area contributed by atoms with Crippen LogP contribution in [0.5, 0.6) is 0 Å². The highest BCUT2D eigenvalue weighted by molar-refractivity contribution is 5.77. The van der Waals surface area contributed by atoms with Gasteiger partial charge in [0.05, 0.1) is 6.04 Å². The maximum Gasteiger partial charge on any atom is 0.317 e. The molecule has 4 heteroatoms.